The molecule has 162 valence electrons. The predicted molar refractivity (Wildman–Crippen MR) is 117 cm³/mol. The summed E-state index contributed by atoms with van der Waals surface area (Å²) >= 11 is 0. The van der Waals surface area contributed by atoms with Crippen LogP contribution in [0.4, 0.5) is 10.1 Å². The summed E-state index contributed by atoms with van der Waals surface area (Å²) in [7, 11) is 1.76. The van der Waals surface area contributed by atoms with Crippen molar-refractivity contribution >= 4 is 22.5 Å². The second-order valence-corrected chi connectivity index (χ2v) is 8.44. The summed E-state index contributed by atoms with van der Waals surface area (Å²) in [5.41, 5.74) is 1.62. The first-order valence-corrected chi connectivity index (χ1v) is 11.0. The summed E-state index contributed by atoms with van der Waals surface area (Å²) < 4.78 is 20.5. The number of aromatic nitrogens is 1. The van der Waals surface area contributed by atoms with Gasteiger partial charge in [-0.2, -0.15) is 0 Å². The summed E-state index contributed by atoms with van der Waals surface area (Å²) in [5.74, 6) is 0.0832. The van der Waals surface area contributed by atoms with Gasteiger partial charge in [0.25, 0.3) is 5.91 Å². The topological polar surface area (TPSA) is 66.5 Å². The molecule has 1 aromatic carbocycles. The Morgan fingerprint density at radius 3 is 2.70 bits per heavy atom. The lowest BCUT2D eigenvalue weighted by molar-refractivity contribution is 0.0951. The van der Waals surface area contributed by atoms with E-state index in [9.17, 15) is 9.18 Å². The van der Waals surface area contributed by atoms with E-state index < -0.39 is 5.82 Å². The maximum Gasteiger partial charge on any atom is 0.255 e. The minimum atomic E-state index is -0.421. The van der Waals surface area contributed by atoms with Crippen molar-refractivity contribution in [2.75, 3.05) is 38.6 Å². The molecular weight excluding hydrogens is 383 g/mol. The average Bonchev–Trinajstić information content (AvgIpc) is 3.56. The maximum atomic E-state index is 14.6. The van der Waals surface area contributed by atoms with Gasteiger partial charge in [-0.05, 0) is 63.7 Å². The number of hydrogen-bond donors (Lipinski definition) is 2. The highest BCUT2D eigenvalue weighted by atomic mass is 19.1. The fourth-order valence-corrected chi connectivity index (χ4v) is 4.14. The highest BCUT2D eigenvalue weighted by Crippen LogP contribution is 2.32. The number of carbonyl (C=O) groups excluding carboxylic acids is 1. The number of fused-ring (bicyclic) bond motifs is 1. The number of amides is 1. The Kier molecular flexibility index (Phi) is 6.37. The van der Waals surface area contributed by atoms with Crippen LogP contribution in [-0.2, 0) is 0 Å². The Labute approximate surface area is 177 Å². The van der Waals surface area contributed by atoms with Crippen molar-refractivity contribution in [1.82, 2.24) is 15.2 Å². The number of halogens is 1. The van der Waals surface area contributed by atoms with Gasteiger partial charge in [0.2, 0.25) is 0 Å². The molecule has 2 aliphatic rings. The van der Waals surface area contributed by atoms with Crippen LogP contribution in [0.15, 0.2) is 18.3 Å². The Balaban J connectivity index is 1.50. The molecule has 0 unspecified atom stereocenters. The lowest BCUT2D eigenvalue weighted by atomic mass is 9.97. The summed E-state index contributed by atoms with van der Waals surface area (Å²) in [5, 5.41) is 6.78. The van der Waals surface area contributed by atoms with E-state index in [1.807, 2.05) is 0 Å². The smallest absolute Gasteiger partial charge is 0.255 e. The summed E-state index contributed by atoms with van der Waals surface area (Å²) in [6, 6.07) is 3.32. The number of anilines is 1. The fraction of sp³-hybridized carbons (Fsp3) is 0.565. The lowest BCUT2D eigenvalue weighted by Gasteiger charge is -2.31. The molecule has 6 nitrogen and oxygen atoms in total. The lowest BCUT2D eigenvalue weighted by Crippen LogP contribution is -2.35. The number of ether oxygens (including phenoxy) is 1. The van der Waals surface area contributed by atoms with Crippen LogP contribution in [0.25, 0.3) is 10.9 Å². The van der Waals surface area contributed by atoms with E-state index in [0.717, 1.165) is 45.3 Å². The van der Waals surface area contributed by atoms with E-state index in [0.29, 0.717) is 34.7 Å². The van der Waals surface area contributed by atoms with Crippen LogP contribution in [0, 0.1) is 11.7 Å². The molecule has 0 bridgehead atoms. The first-order valence-electron chi connectivity index (χ1n) is 11.0. The van der Waals surface area contributed by atoms with E-state index in [-0.39, 0.29) is 17.7 Å². The quantitative estimate of drug-likeness (QED) is 0.688. The van der Waals surface area contributed by atoms with E-state index in [1.165, 1.54) is 18.7 Å². The zero-order valence-corrected chi connectivity index (χ0v) is 17.8. The van der Waals surface area contributed by atoms with Gasteiger partial charge in [0.05, 0.1) is 23.4 Å². The number of nitrogens with one attached hydrogen (secondary N) is 2. The predicted octanol–water partition coefficient (Wildman–Crippen LogP) is 3.81. The fourth-order valence-electron chi connectivity index (χ4n) is 4.14. The van der Waals surface area contributed by atoms with Gasteiger partial charge in [-0.15, -0.1) is 0 Å². The van der Waals surface area contributed by atoms with Crippen LogP contribution in [0.2, 0.25) is 0 Å². The zero-order chi connectivity index (χ0) is 21.1. The molecule has 1 saturated carbocycles. The first-order chi connectivity index (χ1) is 14.6. The molecule has 0 spiro atoms. The van der Waals surface area contributed by atoms with E-state index in [1.54, 1.807) is 13.1 Å². The molecule has 30 heavy (non-hydrogen) atoms. The first kappa shape index (κ1) is 20.8. The highest BCUT2D eigenvalue weighted by Gasteiger charge is 2.26. The van der Waals surface area contributed by atoms with Crippen molar-refractivity contribution in [3.63, 3.8) is 0 Å². The third-order valence-corrected chi connectivity index (χ3v) is 6.05. The van der Waals surface area contributed by atoms with Gasteiger partial charge >= 0.3 is 0 Å². The van der Waals surface area contributed by atoms with Gasteiger partial charge in [-0.25, -0.2) is 4.39 Å². The molecule has 1 amide bonds. The van der Waals surface area contributed by atoms with Gasteiger partial charge in [0.15, 0.2) is 11.6 Å². The minimum absolute atomic E-state index is 0.151. The van der Waals surface area contributed by atoms with E-state index in [2.05, 4.69) is 27.4 Å². The largest absolute Gasteiger partial charge is 0.490 e. The van der Waals surface area contributed by atoms with Crippen LogP contribution >= 0.6 is 0 Å². The third-order valence-electron chi connectivity index (χ3n) is 6.05. The van der Waals surface area contributed by atoms with Crippen molar-refractivity contribution in [1.29, 1.82) is 0 Å². The molecule has 1 aromatic heterocycles. The Morgan fingerprint density at radius 1 is 1.27 bits per heavy atom. The summed E-state index contributed by atoms with van der Waals surface area (Å²) in [6.07, 6.45) is 6.86. The molecule has 2 N–H and O–H groups in total. The molecule has 1 aliphatic heterocycles. The molecule has 2 fully saturated rings. The summed E-state index contributed by atoms with van der Waals surface area (Å²) in [4.78, 5) is 19.4. The van der Waals surface area contributed by atoms with Gasteiger partial charge in [-0.3, -0.25) is 9.78 Å². The van der Waals surface area contributed by atoms with Gasteiger partial charge < -0.3 is 20.3 Å². The molecule has 0 radical (unpaired) electrons. The number of benzene rings is 1. The Bertz CT molecular complexity index is 908. The zero-order valence-electron chi connectivity index (χ0n) is 17.8. The molecule has 0 atom stereocenters. The average molecular weight is 415 g/mol. The SMILES string of the molecule is CCCN1CCC(COc2cc3c(NC)c(C(=O)NC4CC4)cnc3cc2F)CC1. The number of nitrogens with zero attached hydrogens (tertiary/aromatic N) is 2. The second kappa shape index (κ2) is 9.16. The van der Waals surface area contributed by atoms with Crippen molar-refractivity contribution in [3.8, 4) is 5.75 Å². The van der Waals surface area contributed by atoms with Gasteiger partial charge in [-0.1, -0.05) is 6.92 Å². The van der Waals surface area contributed by atoms with Gasteiger partial charge in [0.1, 0.15) is 0 Å². The molecule has 1 saturated heterocycles. The van der Waals surface area contributed by atoms with E-state index >= 15 is 0 Å². The monoisotopic (exact) mass is 414 g/mol. The van der Waals surface area contributed by atoms with Crippen molar-refractivity contribution in [2.45, 2.75) is 45.1 Å². The molecule has 2 heterocycles. The number of rotatable bonds is 8. The minimum Gasteiger partial charge on any atom is -0.490 e. The van der Waals surface area contributed by atoms with Crippen LogP contribution in [-0.4, -0.2) is 55.1 Å². The Morgan fingerprint density at radius 2 is 2.03 bits per heavy atom. The number of hydrogen-bond acceptors (Lipinski definition) is 5. The standard InChI is InChI=1S/C23H31FN4O2/c1-3-8-28-9-6-15(7-10-28)14-30-21-11-17-20(12-19(21)24)26-13-18(22(17)25-2)23(29)27-16-4-5-16/h11-13,15-16H,3-10,14H2,1-2H3,(H,25,26)(H,27,29). The highest BCUT2D eigenvalue weighted by molar-refractivity contribution is 6.07. The number of carbonyl (C=O) groups is 1. The molecule has 1 aliphatic carbocycles. The normalized spacial score (nSPS) is 17.8. The van der Waals surface area contributed by atoms with Crippen molar-refractivity contribution in [2.24, 2.45) is 5.92 Å². The van der Waals surface area contributed by atoms with Crippen molar-refractivity contribution < 1.29 is 13.9 Å². The second-order valence-electron chi connectivity index (χ2n) is 8.44. The molecular formula is C23H31FN4O2. The van der Waals surface area contributed by atoms with Gasteiger partial charge in [0, 0.05) is 30.7 Å². The molecule has 2 aromatic rings. The van der Waals surface area contributed by atoms with Crippen LogP contribution < -0.4 is 15.4 Å². The number of pyridine rings is 1. The van der Waals surface area contributed by atoms with Crippen LogP contribution in [0.1, 0.15) is 49.4 Å². The van der Waals surface area contributed by atoms with E-state index in [4.69, 9.17) is 4.74 Å². The maximum absolute atomic E-state index is 14.6. The third kappa shape index (κ3) is 4.67. The van der Waals surface area contributed by atoms with Crippen LogP contribution in [0.3, 0.4) is 0 Å². The van der Waals surface area contributed by atoms with Crippen molar-refractivity contribution in [3.05, 3.63) is 29.7 Å². The number of piperidine rings is 1. The summed E-state index contributed by atoms with van der Waals surface area (Å²) in [6.45, 7) is 6.01. The molecule has 7 heteroatoms. The Hall–Kier alpha value is -2.41. The van der Waals surface area contributed by atoms with Crippen LogP contribution in [0.5, 0.6) is 5.75 Å². The number of likely N-dealkylation sites (tertiary alicyclic amines) is 1. The molecule has 4 rings (SSSR count).